The number of rotatable bonds is 1. The molecule has 0 aliphatic rings. The molecule has 0 atom stereocenters. The van der Waals surface area contributed by atoms with Gasteiger partial charge in [0.25, 0.3) is 0 Å². The first-order chi connectivity index (χ1) is 6.31. The third-order valence-corrected chi connectivity index (χ3v) is 2.15. The van der Waals surface area contributed by atoms with Gasteiger partial charge in [-0.1, -0.05) is 18.2 Å². The number of hydrogen-bond donors (Lipinski definition) is 2. The van der Waals surface area contributed by atoms with Gasteiger partial charge in [0.15, 0.2) is 0 Å². The average Bonchev–Trinajstić information content (AvgIpc) is 2.18. The number of hydrogen-bond acceptors (Lipinski definition) is 2. The minimum atomic E-state index is 0.328. The van der Waals surface area contributed by atoms with E-state index in [-0.39, 0.29) is 0 Å². The Morgan fingerprint density at radius 1 is 1.15 bits per heavy atom. The van der Waals surface area contributed by atoms with Gasteiger partial charge in [0.2, 0.25) is 0 Å². The highest BCUT2D eigenvalue weighted by Gasteiger charge is 1.98. The molecule has 0 amide bonds. The van der Waals surface area contributed by atoms with Gasteiger partial charge < -0.3 is 10.4 Å². The van der Waals surface area contributed by atoms with Gasteiger partial charge in [-0.15, -0.1) is 0 Å². The van der Waals surface area contributed by atoms with E-state index >= 15 is 0 Å². The largest absolute Gasteiger partial charge is 0.507 e. The maximum atomic E-state index is 9.56. The monoisotopic (exact) mass is 173 g/mol. The molecule has 2 aromatic carbocycles. The van der Waals surface area contributed by atoms with Crippen molar-refractivity contribution in [1.82, 2.24) is 0 Å². The molecule has 2 nitrogen and oxygen atoms in total. The van der Waals surface area contributed by atoms with E-state index in [0.717, 1.165) is 16.5 Å². The van der Waals surface area contributed by atoms with E-state index in [1.807, 2.05) is 37.4 Å². The Hall–Kier alpha value is -1.70. The molecule has 0 saturated heterocycles. The van der Waals surface area contributed by atoms with Crippen LogP contribution in [0.4, 0.5) is 5.69 Å². The van der Waals surface area contributed by atoms with E-state index in [9.17, 15) is 5.11 Å². The van der Waals surface area contributed by atoms with Crippen molar-refractivity contribution in [2.45, 2.75) is 0 Å². The number of aromatic hydroxyl groups is 1. The smallest absolute Gasteiger partial charge is 0.123 e. The third-order valence-electron chi connectivity index (χ3n) is 2.15. The van der Waals surface area contributed by atoms with E-state index in [0.29, 0.717) is 5.75 Å². The molecule has 0 aliphatic heterocycles. The SMILES string of the molecule is CNc1ccc2cccc(O)c2c1. The van der Waals surface area contributed by atoms with Crippen LogP contribution in [0.3, 0.4) is 0 Å². The predicted molar refractivity (Wildman–Crippen MR) is 55.2 cm³/mol. The van der Waals surface area contributed by atoms with Crippen LogP contribution in [0.1, 0.15) is 0 Å². The summed E-state index contributed by atoms with van der Waals surface area (Å²) in [5.74, 6) is 0.328. The van der Waals surface area contributed by atoms with E-state index in [2.05, 4.69) is 5.32 Å². The van der Waals surface area contributed by atoms with Gasteiger partial charge in [-0.3, -0.25) is 0 Å². The summed E-state index contributed by atoms with van der Waals surface area (Å²) in [4.78, 5) is 0. The van der Waals surface area contributed by atoms with Crippen molar-refractivity contribution in [3.63, 3.8) is 0 Å². The van der Waals surface area contributed by atoms with Gasteiger partial charge in [-0.05, 0) is 23.6 Å². The lowest BCUT2D eigenvalue weighted by Crippen LogP contribution is -1.86. The van der Waals surface area contributed by atoms with Crippen molar-refractivity contribution >= 4 is 16.5 Å². The van der Waals surface area contributed by atoms with E-state index in [1.165, 1.54) is 0 Å². The Bertz CT molecular complexity index is 437. The number of anilines is 1. The normalized spacial score (nSPS) is 10.2. The molecule has 0 unspecified atom stereocenters. The zero-order valence-corrected chi connectivity index (χ0v) is 7.41. The van der Waals surface area contributed by atoms with E-state index < -0.39 is 0 Å². The topological polar surface area (TPSA) is 32.3 Å². The van der Waals surface area contributed by atoms with Crippen molar-refractivity contribution in [1.29, 1.82) is 0 Å². The van der Waals surface area contributed by atoms with Gasteiger partial charge in [-0.2, -0.15) is 0 Å². The summed E-state index contributed by atoms with van der Waals surface area (Å²) >= 11 is 0. The van der Waals surface area contributed by atoms with Crippen molar-refractivity contribution < 1.29 is 5.11 Å². The highest BCUT2D eigenvalue weighted by molar-refractivity contribution is 5.90. The second-order valence-corrected chi connectivity index (χ2v) is 2.96. The minimum absolute atomic E-state index is 0.328. The second kappa shape index (κ2) is 2.98. The zero-order valence-electron chi connectivity index (χ0n) is 7.41. The summed E-state index contributed by atoms with van der Waals surface area (Å²) in [7, 11) is 1.86. The highest BCUT2D eigenvalue weighted by atomic mass is 16.3. The minimum Gasteiger partial charge on any atom is -0.507 e. The highest BCUT2D eigenvalue weighted by Crippen LogP contribution is 2.26. The first kappa shape index (κ1) is 7.92. The number of phenolic OH excluding ortho intramolecular Hbond substituents is 1. The predicted octanol–water partition coefficient (Wildman–Crippen LogP) is 2.59. The summed E-state index contributed by atoms with van der Waals surface area (Å²) in [6.07, 6.45) is 0. The average molecular weight is 173 g/mol. The molecule has 0 aromatic heterocycles. The van der Waals surface area contributed by atoms with Crippen molar-refractivity contribution in [2.75, 3.05) is 12.4 Å². The van der Waals surface area contributed by atoms with Crippen LogP contribution in [-0.4, -0.2) is 12.2 Å². The number of fused-ring (bicyclic) bond motifs is 1. The Morgan fingerprint density at radius 2 is 2.00 bits per heavy atom. The van der Waals surface area contributed by atoms with Crippen LogP contribution < -0.4 is 5.32 Å². The van der Waals surface area contributed by atoms with Crippen LogP contribution in [0, 0.1) is 0 Å². The first-order valence-electron chi connectivity index (χ1n) is 4.21. The fraction of sp³-hybridized carbons (Fsp3) is 0.0909. The van der Waals surface area contributed by atoms with E-state index in [4.69, 9.17) is 0 Å². The zero-order chi connectivity index (χ0) is 9.26. The van der Waals surface area contributed by atoms with Gasteiger partial charge in [0, 0.05) is 18.1 Å². The Labute approximate surface area is 76.8 Å². The molecule has 2 heteroatoms. The molecule has 0 aliphatic carbocycles. The third kappa shape index (κ3) is 1.31. The molecule has 2 aromatic rings. The molecule has 0 saturated carbocycles. The molecule has 0 fully saturated rings. The Kier molecular flexibility index (Phi) is 1.81. The van der Waals surface area contributed by atoms with Crippen molar-refractivity contribution in [3.05, 3.63) is 36.4 Å². The maximum Gasteiger partial charge on any atom is 0.123 e. The van der Waals surface area contributed by atoms with Crippen LogP contribution in [0.15, 0.2) is 36.4 Å². The first-order valence-corrected chi connectivity index (χ1v) is 4.21. The van der Waals surface area contributed by atoms with Gasteiger partial charge in [0.1, 0.15) is 5.75 Å². The summed E-state index contributed by atoms with van der Waals surface area (Å²) in [5.41, 5.74) is 1.01. The van der Waals surface area contributed by atoms with Crippen LogP contribution in [0.2, 0.25) is 0 Å². The van der Waals surface area contributed by atoms with Crippen LogP contribution in [0.25, 0.3) is 10.8 Å². The summed E-state index contributed by atoms with van der Waals surface area (Å²) < 4.78 is 0. The summed E-state index contributed by atoms with van der Waals surface area (Å²) in [6.45, 7) is 0. The van der Waals surface area contributed by atoms with Crippen molar-refractivity contribution in [2.24, 2.45) is 0 Å². The Balaban J connectivity index is 2.74. The molecular formula is C11H11NO. The number of benzene rings is 2. The van der Waals surface area contributed by atoms with Gasteiger partial charge in [0.05, 0.1) is 0 Å². The fourth-order valence-electron chi connectivity index (χ4n) is 1.41. The molecule has 2 rings (SSSR count). The lowest BCUT2D eigenvalue weighted by Gasteiger charge is -2.03. The van der Waals surface area contributed by atoms with Crippen LogP contribution in [0.5, 0.6) is 5.75 Å². The molecule has 13 heavy (non-hydrogen) atoms. The quantitative estimate of drug-likeness (QED) is 0.694. The lowest BCUT2D eigenvalue weighted by atomic mass is 10.1. The van der Waals surface area contributed by atoms with Crippen LogP contribution >= 0.6 is 0 Å². The molecular weight excluding hydrogens is 162 g/mol. The molecule has 0 radical (unpaired) electrons. The second-order valence-electron chi connectivity index (χ2n) is 2.96. The molecule has 0 heterocycles. The maximum absolute atomic E-state index is 9.56. The molecule has 2 N–H and O–H groups in total. The molecule has 0 bridgehead atoms. The standard InChI is InChI=1S/C11H11NO/c1-12-9-6-5-8-3-2-4-11(13)10(8)7-9/h2-7,12-13H,1H3. The van der Waals surface area contributed by atoms with E-state index in [1.54, 1.807) is 6.07 Å². The van der Waals surface area contributed by atoms with Crippen LogP contribution in [-0.2, 0) is 0 Å². The Morgan fingerprint density at radius 3 is 2.77 bits per heavy atom. The number of nitrogens with one attached hydrogen (secondary N) is 1. The summed E-state index contributed by atoms with van der Waals surface area (Å²) in [5, 5.41) is 14.5. The fourth-order valence-corrected chi connectivity index (χ4v) is 1.41. The molecule has 66 valence electrons. The summed E-state index contributed by atoms with van der Waals surface area (Å²) in [6, 6.07) is 11.4. The van der Waals surface area contributed by atoms with Gasteiger partial charge in [-0.25, -0.2) is 0 Å². The van der Waals surface area contributed by atoms with Crippen molar-refractivity contribution in [3.8, 4) is 5.75 Å². The lowest BCUT2D eigenvalue weighted by molar-refractivity contribution is 0.481. The molecule has 0 spiro atoms. The van der Waals surface area contributed by atoms with Gasteiger partial charge >= 0.3 is 0 Å². The number of phenols is 1.